The molecule has 0 aromatic rings. The van der Waals surface area contributed by atoms with E-state index >= 15 is 0 Å². The predicted molar refractivity (Wildman–Crippen MR) is 90.5 cm³/mol. The molecule has 0 spiro atoms. The predicted octanol–water partition coefficient (Wildman–Crippen LogP) is 3.22. The quantitative estimate of drug-likeness (QED) is 0.630. The molecule has 1 N–H and O–H groups in total. The number of carbonyl (C=O) groups excluding carboxylic acids is 2. The minimum Gasteiger partial charge on any atom is -0.444 e. The number of rotatable bonds is 4. The minimum atomic E-state index is -0.501. The zero-order chi connectivity index (χ0) is 17.3. The lowest BCUT2D eigenvalue weighted by atomic mass is 9.80. The zero-order valence-electron chi connectivity index (χ0n) is 14.2. The highest BCUT2D eigenvalue weighted by atomic mass is 35.5. The Kier molecular flexibility index (Phi) is 5.29. The minimum absolute atomic E-state index is 0.0516. The summed E-state index contributed by atoms with van der Waals surface area (Å²) in [7, 11) is 0. The average Bonchev–Trinajstić information content (AvgIpc) is 2.70. The van der Waals surface area contributed by atoms with E-state index in [1.807, 2.05) is 31.7 Å². The van der Waals surface area contributed by atoms with Gasteiger partial charge in [0.05, 0.1) is 0 Å². The van der Waals surface area contributed by atoms with Crippen LogP contribution in [0.25, 0.3) is 0 Å². The van der Waals surface area contributed by atoms with Crippen LogP contribution in [0.1, 0.15) is 52.9 Å². The molecule has 2 saturated heterocycles. The number of hydrogen-bond donors (Lipinski definition) is 1. The van der Waals surface area contributed by atoms with Crippen molar-refractivity contribution in [1.29, 1.82) is 0 Å². The van der Waals surface area contributed by atoms with Gasteiger partial charge in [0.2, 0.25) is 5.91 Å². The smallest absolute Gasteiger partial charge is 0.410 e. The van der Waals surface area contributed by atoms with Crippen LogP contribution < -0.4 is 5.32 Å². The number of halogens is 1. The van der Waals surface area contributed by atoms with E-state index in [1.165, 1.54) is 0 Å². The van der Waals surface area contributed by atoms with Crippen molar-refractivity contribution in [3.05, 3.63) is 12.7 Å². The molecule has 0 aromatic heterocycles. The number of nitrogens with zero attached hydrogens (tertiary/aromatic N) is 1. The van der Waals surface area contributed by atoms with Crippen molar-refractivity contribution in [2.75, 3.05) is 5.88 Å². The van der Waals surface area contributed by atoms with Crippen molar-refractivity contribution in [2.45, 2.75) is 76.1 Å². The van der Waals surface area contributed by atoms with E-state index in [0.717, 1.165) is 25.7 Å². The lowest BCUT2D eigenvalue weighted by molar-refractivity contribution is -0.121. The molecule has 2 rings (SSSR count). The van der Waals surface area contributed by atoms with Gasteiger partial charge in [-0.1, -0.05) is 6.08 Å². The van der Waals surface area contributed by atoms with Crippen LogP contribution in [0.5, 0.6) is 0 Å². The molecule has 0 aromatic carbocycles. The molecular weight excluding hydrogens is 316 g/mol. The summed E-state index contributed by atoms with van der Waals surface area (Å²) < 4.78 is 5.55. The maximum absolute atomic E-state index is 12.5. The van der Waals surface area contributed by atoms with Gasteiger partial charge >= 0.3 is 6.09 Å². The zero-order valence-corrected chi connectivity index (χ0v) is 15.0. The van der Waals surface area contributed by atoms with Crippen LogP contribution in [0.4, 0.5) is 4.79 Å². The van der Waals surface area contributed by atoms with Crippen molar-refractivity contribution in [2.24, 2.45) is 0 Å². The third-order valence-corrected chi connectivity index (χ3v) is 4.78. The van der Waals surface area contributed by atoms with Crippen LogP contribution in [0.3, 0.4) is 0 Å². The summed E-state index contributed by atoms with van der Waals surface area (Å²) >= 11 is 5.65. The molecule has 0 saturated carbocycles. The molecule has 2 bridgehead atoms. The fraction of sp³-hybridized carbons (Fsp3) is 0.765. The average molecular weight is 343 g/mol. The van der Waals surface area contributed by atoms with Crippen molar-refractivity contribution in [1.82, 2.24) is 10.2 Å². The molecule has 2 aliphatic heterocycles. The van der Waals surface area contributed by atoms with Crippen LogP contribution in [-0.2, 0) is 9.53 Å². The largest absolute Gasteiger partial charge is 0.444 e. The first kappa shape index (κ1) is 18.1. The maximum atomic E-state index is 12.5. The summed E-state index contributed by atoms with van der Waals surface area (Å²) in [4.78, 5) is 26.2. The van der Waals surface area contributed by atoms with E-state index in [1.54, 1.807) is 0 Å². The highest BCUT2D eigenvalue weighted by Crippen LogP contribution is 2.43. The SMILES string of the molecule is C=CCC1(NC(=O)CCl)CC2CCC(C1)N2C(=O)OC(C)(C)C. The molecule has 6 heteroatoms. The second-order valence-corrected chi connectivity index (χ2v) is 7.90. The lowest BCUT2D eigenvalue weighted by Gasteiger charge is -2.46. The molecule has 2 fully saturated rings. The second-order valence-electron chi connectivity index (χ2n) is 7.64. The highest BCUT2D eigenvalue weighted by molar-refractivity contribution is 6.27. The Labute approximate surface area is 143 Å². The van der Waals surface area contributed by atoms with Gasteiger partial charge in [0, 0.05) is 17.6 Å². The molecule has 2 aliphatic rings. The number of amides is 2. The topological polar surface area (TPSA) is 58.6 Å². The van der Waals surface area contributed by atoms with E-state index in [2.05, 4.69) is 11.9 Å². The Morgan fingerprint density at radius 2 is 1.91 bits per heavy atom. The first-order chi connectivity index (χ1) is 10.7. The van der Waals surface area contributed by atoms with Gasteiger partial charge in [-0.3, -0.25) is 4.79 Å². The molecule has 5 nitrogen and oxygen atoms in total. The number of alkyl halides is 1. The van der Waals surface area contributed by atoms with E-state index in [0.29, 0.717) is 6.42 Å². The van der Waals surface area contributed by atoms with Crippen LogP contribution in [0.2, 0.25) is 0 Å². The molecule has 2 heterocycles. The fourth-order valence-electron chi connectivity index (χ4n) is 3.89. The summed E-state index contributed by atoms with van der Waals surface area (Å²) in [6.45, 7) is 9.44. The molecule has 0 aliphatic carbocycles. The fourth-order valence-corrected chi connectivity index (χ4v) is 3.95. The summed E-state index contributed by atoms with van der Waals surface area (Å²) in [5.74, 6) is -0.220. The van der Waals surface area contributed by atoms with Crippen LogP contribution in [0.15, 0.2) is 12.7 Å². The Morgan fingerprint density at radius 3 is 2.35 bits per heavy atom. The van der Waals surface area contributed by atoms with E-state index in [-0.39, 0.29) is 35.5 Å². The summed E-state index contributed by atoms with van der Waals surface area (Å²) in [6, 6.07) is 0.193. The van der Waals surface area contributed by atoms with Crippen LogP contribution in [0, 0.1) is 0 Å². The van der Waals surface area contributed by atoms with Gasteiger partial charge in [-0.2, -0.15) is 0 Å². The van der Waals surface area contributed by atoms with E-state index in [4.69, 9.17) is 16.3 Å². The third kappa shape index (κ3) is 4.19. The molecule has 0 radical (unpaired) electrons. The normalized spacial score (nSPS) is 30.0. The Morgan fingerprint density at radius 1 is 1.35 bits per heavy atom. The first-order valence-electron chi connectivity index (χ1n) is 8.19. The Hall–Kier alpha value is -1.23. The molecule has 130 valence electrons. The number of piperidine rings is 1. The number of nitrogens with one attached hydrogen (secondary N) is 1. The summed E-state index contributed by atoms with van der Waals surface area (Å²) in [5, 5.41) is 3.07. The van der Waals surface area contributed by atoms with Gasteiger partial charge in [0.25, 0.3) is 0 Å². The van der Waals surface area contributed by atoms with Gasteiger partial charge < -0.3 is 15.0 Å². The first-order valence-corrected chi connectivity index (χ1v) is 8.72. The molecule has 2 amide bonds. The van der Waals surface area contributed by atoms with Crippen molar-refractivity contribution >= 4 is 23.6 Å². The van der Waals surface area contributed by atoms with Gasteiger partial charge in [-0.15, -0.1) is 18.2 Å². The van der Waals surface area contributed by atoms with Gasteiger partial charge in [0.15, 0.2) is 0 Å². The van der Waals surface area contributed by atoms with Crippen LogP contribution >= 0.6 is 11.6 Å². The Balaban J connectivity index is 2.14. The number of fused-ring (bicyclic) bond motifs is 2. The van der Waals surface area contributed by atoms with Crippen molar-refractivity contribution in [3.8, 4) is 0 Å². The highest BCUT2D eigenvalue weighted by Gasteiger charge is 2.51. The van der Waals surface area contributed by atoms with Crippen molar-refractivity contribution in [3.63, 3.8) is 0 Å². The Bertz CT molecular complexity index is 473. The third-order valence-electron chi connectivity index (χ3n) is 4.54. The van der Waals surface area contributed by atoms with Gasteiger partial charge in [-0.05, 0) is 52.9 Å². The molecule has 2 unspecified atom stereocenters. The monoisotopic (exact) mass is 342 g/mol. The second kappa shape index (κ2) is 6.71. The van der Waals surface area contributed by atoms with E-state index in [9.17, 15) is 9.59 Å². The number of ether oxygens (including phenoxy) is 1. The standard InChI is InChI=1S/C17H27ClN2O3/c1-5-8-17(19-14(21)11-18)9-12-6-7-13(10-17)20(12)15(22)23-16(2,3)4/h5,12-13H,1,6-11H2,2-4H3,(H,19,21). The van der Waals surface area contributed by atoms with Gasteiger partial charge in [0.1, 0.15) is 11.5 Å². The maximum Gasteiger partial charge on any atom is 0.410 e. The molecular formula is C17H27ClN2O3. The van der Waals surface area contributed by atoms with Crippen LogP contribution in [-0.4, -0.2) is 46.0 Å². The number of carbonyl (C=O) groups is 2. The lowest BCUT2D eigenvalue weighted by Crippen LogP contribution is -2.60. The number of hydrogen-bond acceptors (Lipinski definition) is 3. The molecule has 23 heavy (non-hydrogen) atoms. The van der Waals surface area contributed by atoms with Gasteiger partial charge in [-0.25, -0.2) is 4.79 Å². The summed E-state index contributed by atoms with van der Waals surface area (Å²) in [5.41, 5.74) is -0.850. The molecule has 2 atom stereocenters. The van der Waals surface area contributed by atoms with Crippen molar-refractivity contribution < 1.29 is 14.3 Å². The summed E-state index contributed by atoms with van der Waals surface area (Å²) in [6.07, 6.45) is 5.59. The van der Waals surface area contributed by atoms with E-state index < -0.39 is 5.60 Å².